The van der Waals surface area contributed by atoms with Crippen LogP contribution in [-0.2, 0) is 0 Å². The van der Waals surface area contributed by atoms with E-state index >= 15 is 0 Å². The van der Waals surface area contributed by atoms with E-state index in [2.05, 4.69) is 18.5 Å². The fraction of sp³-hybridized carbons (Fsp3) is 0.667. The van der Waals surface area contributed by atoms with Crippen molar-refractivity contribution in [3.05, 3.63) is 6.54 Å². The highest BCUT2D eigenvalue weighted by molar-refractivity contribution is 5.58. The molecule has 0 saturated heterocycles. The lowest BCUT2D eigenvalue weighted by Gasteiger charge is -2.07. The highest BCUT2D eigenvalue weighted by Crippen LogP contribution is 2.11. The summed E-state index contributed by atoms with van der Waals surface area (Å²) in [5.41, 5.74) is 0. The summed E-state index contributed by atoms with van der Waals surface area (Å²) in [6, 6.07) is 0. The average molecular weight is 95.1 g/mol. The van der Waals surface area contributed by atoms with Crippen molar-refractivity contribution in [1.82, 2.24) is 0 Å². The minimum Gasteiger partial charge on any atom is -0.286 e. The Morgan fingerprint density at radius 2 is 2.71 bits per heavy atom. The van der Waals surface area contributed by atoms with Gasteiger partial charge in [-0.1, -0.05) is 6.92 Å². The Bertz CT molecular complexity index is 76.2. The first-order valence-electron chi connectivity index (χ1n) is 2.64. The summed E-state index contributed by atoms with van der Waals surface area (Å²) in [7, 11) is 0. The molecule has 1 heterocycles. The molecule has 0 aromatic rings. The fourth-order valence-corrected chi connectivity index (χ4v) is 0.589. The quantitative estimate of drug-likeness (QED) is 0.432. The third-order valence-corrected chi connectivity index (χ3v) is 1.13. The summed E-state index contributed by atoms with van der Waals surface area (Å²) < 4.78 is 0. The molecule has 1 rings (SSSR count). The third-order valence-electron chi connectivity index (χ3n) is 1.13. The van der Waals surface area contributed by atoms with Gasteiger partial charge in [-0.05, 0) is 25.0 Å². The second-order valence-corrected chi connectivity index (χ2v) is 2.01. The van der Waals surface area contributed by atoms with E-state index in [9.17, 15) is 0 Å². The van der Waals surface area contributed by atoms with Gasteiger partial charge in [-0.3, -0.25) is 4.99 Å². The Hall–Kier alpha value is -0.330. The zero-order valence-electron chi connectivity index (χ0n) is 4.52. The van der Waals surface area contributed by atoms with E-state index in [1.165, 1.54) is 0 Å². The van der Waals surface area contributed by atoms with Gasteiger partial charge in [0.15, 0.2) is 0 Å². The normalized spacial score (nSPS) is 30.7. The van der Waals surface area contributed by atoms with E-state index < -0.39 is 0 Å². The predicted molar refractivity (Wildman–Crippen MR) is 30.1 cm³/mol. The van der Waals surface area contributed by atoms with Crippen LogP contribution in [0.1, 0.15) is 19.8 Å². The van der Waals surface area contributed by atoms with Gasteiger partial charge >= 0.3 is 0 Å². The molecule has 1 aliphatic rings. The van der Waals surface area contributed by atoms with E-state index in [1.54, 1.807) is 0 Å². The summed E-state index contributed by atoms with van der Waals surface area (Å²) >= 11 is 0. The molecular formula is C6H9N. The first kappa shape index (κ1) is 4.82. The molecule has 1 aliphatic heterocycles. The standard InChI is InChI=1S/C6H9N/c1-6-2-4-7-5-3-6/h4,6H,2-3H2,1H3. The number of aliphatic imine (C=N–C) groups is 1. The molecule has 1 nitrogen and oxygen atoms in total. The molecule has 0 amide bonds. The summed E-state index contributed by atoms with van der Waals surface area (Å²) in [6.45, 7) is 5.11. The first-order chi connectivity index (χ1) is 3.39. The number of nitrogens with zero attached hydrogens (tertiary/aromatic N) is 1. The Balaban J connectivity index is 2.32. The molecule has 0 aromatic carbocycles. The Kier molecular flexibility index (Phi) is 1.45. The van der Waals surface area contributed by atoms with Gasteiger partial charge in [0.05, 0.1) is 0 Å². The second kappa shape index (κ2) is 2.10. The van der Waals surface area contributed by atoms with Gasteiger partial charge in [0.1, 0.15) is 6.54 Å². The van der Waals surface area contributed by atoms with Crippen LogP contribution >= 0.6 is 0 Å². The highest BCUT2D eigenvalue weighted by atomic mass is 14.7. The van der Waals surface area contributed by atoms with E-state index in [0.29, 0.717) is 0 Å². The molecule has 1 atom stereocenters. The molecule has 7 heavy (non-hydrogen) atoms. The van der Waals surface area contributed by atoms with Crippen LogP contribution in [0, 0.1) is 12.5 Å². The SMILES string of the molecule is CC1C[C]N=CC1. The largest absolute Gasteiger partial charge is 0.286 e. The van der Waals surface area contributed by atoms with Crippen molar-refractivity contribution in [2.45, 2.75) is 19.8 Å². The lowest BCUT2D eigenvalue weighted by Crippen LogP contribution is -1.99. The summed E-state index contributed by atoms with van der Waals surface area (Å²) in [6.07, 6.45) is 4.09. The first-order valence-corrected chi connectivity index (χ1v) is 2.64. The van der Waals surface area contributed by atoms with Crippen molar-refractivity contribution in [2.75, 3.05) is 0 Å². The van der Waals surface area contributed by atoms with Crippen LogP contribution in [0.4, 0.5) is 0 Å². The maximum atomic E-state index is 3.85. The van der Waals surface area contributed by atoms with E-state index in [1.807, 2.05) is 6.21 Å². The molecule has 2 radical (unpaired) electrons. The van der Waals surface area contributed by atoms with Crippen LogP contribution < -0.4 is 0 Å². The molecular weight excluding hydrogens is 86.1 g/mol. The topological polar surface area (TPSA) is 12.4 Å². The van der Waals surface area contributed by atoms with Gasteiger partial charge in [-0.15, -0.1) is 0 Å². The molecule has 1 unspecified atom stereocenters. The van der Waals surface area contributed by atoms with Gasteiger partial charge in [-0.25, -0.2) is 0 Å². The van der Waals surface area contributed by atoms with E-state index in [0.717, 1.165) is 18.8 Å². The molecule has 0 saturated carbocycles. The van der Waals surface area contributed by atoms with Crippen LogP contribution in [0.15, 0.2) is 4.99 Å². The maximum absolute atomic E-state index is 3.85. The Morgan fingerprint density at radius 1 is 1.86 bits per heavy atom. The van der Waals surface area contributed by atoms with Crippen LogP contribution in [0.3, 0.4) is 0 Å². The maximum Gasteiger partial charge on any atom is 0.116 e. The second-order valence-electron chi connectivity index (χ2n) is 2.01. The van der Waals surface area contributed by atoms with Gasteiger partial charge in [0.25, 0.3) is 0 Å². The molecule has 0 N–H and O–H groups in total. The third kappa shape index (κ3) is 1.30. The molecule has 0 fully saturated rings. The number of hydrogen-bond donors (Lipinski definition) is 0. The van der Waals surface area contributed by atoms with Crippen LogP contribution in [0.2, 0.25) is 0 Å². The average Bonchev–Trinajstić information content (AvgIpc) is 1.69. The van der Waals surface area contributed by atoms with Crippen molar-refractivity contribution < 1.29 is 0 Å². The molecule has 38 valence electrons. The van der Waals surface area contributed by atoms with Gasteiger partial charge in [0, 0.05) is 0 Å². The van der Waals surface area contributed by atoms with Crippen molar-refractivity contribution in [3.63, 3.8) is 0 Å². The lowest BCUT2D eigenvalue weighted by molar-refractivity contribution is 0.584. The van der Waals surface area contributed by atoms with Crippen molar-refractivity contribution in [1.29, 1.82) is 0 Å². The molecule has 1 heteroatoms. The van der Waals surface area contributed by atoms with Crippen molar-refractivity contribution in [2.24, 2.45) is 10.9 Å². The number of rotatable bonds is 0. The van der Waals surface area contributed by atoms with Gasteiger partial charge in [-0.2, -0.15) is 0 Å². The highest BCUT2D eigenvalue weighted by Gasteiger charge is 2.02. The van der Waals surface area contributed by atoms with Crippen LogP contribution in [0.25, 0.3) is 0 Å². The Labute approximate surface area is 44.5 Å². The van der Waals surface area contributed by atoms with E-state index in [4.69, 9.17) is 0 Å². The molecule has 0 aromatic heterocycles. The van der Waals surface area contributed by atoms with Gasteiger partial charge in [0.2, 0.25) is 0 Å². The lowest BCUT2D eigenvalue weighted by atomic mass is 10.0. The number of hydrogen-bond acceptors (Lipinski definition) is 1. The zero-order valence-corrected chi connectivity index (χ0v) is 4.52. The zero-order chi connectivity index (χ0) is 5.11. The molecule has 0 aliphatic carbocycles. The smallest absolute Gasteiger partial charge is 0.116 e. The summed E-state index contributed by atoms with van der Waals surface area (Å²) in [5, 5.41) is 0. The van der Waals surface area contributed by atoms with Gasteiger partial charge < -0.3 is 0 Å². The summed E-state index contributed by atoms with van der Waals surface area (Å²) in [4.78, 5) is 3.85. The predicted octanol–water partition coefficient (Wildman–Crippen LogP) is 1.53. The van der Waals surface area contributed by atoms with Crippen LogP contribution in [0.5, 0.6) is 0 Å². The Morgan fingerprint density at radius 3 is 3.00 bits per heavy atom. The molecule has 0 bridgehead atoms. The van der Waals surface area contributed by atoms with Crippen molar-refractivity contribution in [3.8, 4) is 0 Å². The molecule has 0 spiro atoms. The summed E-state index contributed by atoms with van der Waals surface area (Å²) in [5.74, 6) is 0.775. The van der Waals surface area contributed by atoms with Crippen LogP contribution in [-0.4, -0.2) is 6.21 Å². The van der Waals surface area contributed by atoms with E-state index in [-0.39, 0.29) is 0 Å². The fourth-order valence-electron chi connectivity index (χ4n) is 0.589. The van der Waals surface area contributed by atoms with Crippen molar-refractivity contribution >= 4 is 6.21 Å². The minimum absolute atomic E-state index is 0.775. The minimum atomic E-state index is 0.775. The monoisotopic (exact) mass is 95.1 g/mol.